The lowest BCUT2D eigenvalue weighted by Gasteiger charge is -2.30. The van der Waals surface area contributed by atoms with Crippen LogP contribution in [0.1, 0.15) is 49.8 Å². The first-order valence-corrected chi connectivity index (χ1v) is 7.35. The van der Waals surface area contributed by atoms with Gasteiger partial charge in [0.05, 0.1) is 5.41 Å². The molecule has 4 nitrogen and oxygen atoms in total. The van der Waals surface area contributed by atoms with Crippen molar-refractivity contribution in [2.45, 2.75) is 52.4 Å². The maximum Gasteiger partial charge on any atom is 0.241 e. The molecule has 2 aliphatic rings. The van der Waals surface area contributed by atoms with Crippen LogP contribution in [0.25, 0.3) is 0 Å². The van der Waals surface area contributed by atoms with E-state index in [0.29, 0.717) is 12.2 Å². The fraction of sp³-hybridized carbons (Fsp3) is 0.562. The van der Waals surface area contributed by atoms with Gasteiger partial charge >= 0.3 is 0 Å². The minimum Gasteiger partial charge on any atom is -0.274 e. The highest BCUT2D eigenvalue weighted by Crippen LogP contribution is 2.46. The summed E-state index contributed by atoms with van der Waals surface area (Å²) < 4.78 is 0. The van der Waals surface area contributed by atoms with Crippen LogP contribution in [-0.2, 0) is 9.59 Å². The number of rotatable bonds is 1. The first-order chi connectivity index (χ1) is 9.52. The Morgan fingerprint density at radius 1 is 1.10 bits per heavy atom. The van der Waals surface area contributed by atoms with Gasteiger partial charge in [-0.05, 0) is 44.4 Å². The second-order valence-electron chi connectivity index (χ2n) is 6.20. The van der Waals surface area contributed by atoms with Crippen LogP contribution < -0.4 is 4.90 Å². The summed E-state index contributed by atoms with van der Waals surface area (Å²) in [7, 11) is 0. The molecule has 0 radical (unpaired) electrons. The fourth-order valence-electron chi connectivity index (χ4n) is 3.58. The van der Waals surface area contributed by atoms with Gasteiger partial charge in [-0.2, -0.15) is 0 Å². The zero-order valence-electron chi connectivity index (χ0n) is 12.1. The Bertz CT molecular complexity index is 554. The van der Waals surface area contributed by atoms with Crippen molar-refractivity contribution in [1.29, 1.82) is 0 Å². The van der Waals surface area contributed by atoms with Gasteiger partial charge in [0.15, 0.2) is 0 Å². The van der Waals surface area contributed by atoms with Crippen molar-refractivity contribution in [2.75, 3.05) is 4.90 Å². The number of hydrogen-bond donors (Lipinski definition) is 0. The summed E-state index contributed by atoms with van der Waals surface area (Å²) in [5.74, 6) is 0.383. The topological polar surface area (TPSA) is 50.3 Å². The van der Waals surface area contributed by atoms with E-state index in [9.17, 15) is 9.59 Å². The van der Waals surface area contributed by atoms with Crippen molar-refractivity contribution in [1.82, 2.24) is 4.98 Å². The van der Waals surface area contributed by atoms with E-state index in [4.69, 9.17) is 0 Å². The number of pyridine rings is 1. The van der Waals surface area contributed by atoms with Crippen LogP contribution >= 0.6 is 0 Å². The summed E-state index contributed by atoms with van der Waals surface area (Å²) in [5.41, 5.74) is 1.43. The highest BCUT2D eigenvalue weighted by molar-refractivity contribution is 6.22. The van der Waals surface area contributed by atoms with Crippen molar-refractivity contribution in [2.24, 2.45) is 5.41 Å². The van der Waals surface area contributed by atoms with Gasteiger partial charge < -0.3 is 0 Å². The third-order valence-corrected chi connectivity index (χ3v) is 4.52. The average molecular weight is 272 g/mol. The Morgan fingerprint density at radius 3 is 2.45 bits per heavy atom. The predicted molar refractivity (Wildman–Crippen MR) is 76.3 cm³/mol. The summed E-state index contributed by atoms with van der Waals surface area (Å²) >= 11 is 0. The van der Waals surface area contributed by atoms with Gasteiger partial charge in [-0.15, -0.1) is 0 Å². The maximum atomic E-state index is 12.8. The van der Waals surface area contributed by atoms with Crippen LogP contribution in [0, 0.1) is 19.3 Å². The Morgan fingerprint density at radius 2 is 1.80 bits per heavy atom. The number of aryl methyl sites for hydroxylation is 2. The SMILES string of the molecule is Cc1cc(C)nc(N2C(=O)CC3(CCCCC3)C2=O)c1. The van der Waals surface area contributed by atoms with E-state index in [-0.39, 0.29) is 11.8 Å². The number of hydrogen-bond acceptors (Lipinski definition) is 3. The van der Waals surface area contributed by atoms with E-state index in [1.807, 2.05) is 26.0 Å². The van der Waals surface area contributed by atoms with E-state index >= 15 is 0 Å². The van der Waals surface area contributed by atoms with Gasteiger partial charge in [-0.25, -0.2) is 9.88 Å². The third-order valence-electron chi connectivity index (χ3n) is 4.52. The number of carbonyl (C=O) groups excluding carboxylic acids is 2. The zero-order chi connectivity index (χ0) is 14.3. The van der Waals surface area contributed by atoms with E-state index in [1.165, 1.54) is 11.3 Å². The summed E-state index contributed by atoms with van der Waals surface area (Å²) in [5, 5.41) is 0. The zero-order valence-corrected chi connectivity index (χ0v) is 12.1. The molecule has 2 heterocycles. The molecule has 1 aliphatic heterocycles. The third kappa shape index (κ3) is 2.03. The lowest BCUT2D eigenvalue weighted by molar-refractivity contribution is -0.127. The molecule has 1 saturated heterocycles. The van der Waals surface area contributed by atoms with Crippen LogP contribution in [0.2, 0.25) is 0 Å². The highest BCUT2D eigenvalue weighted by Gasteiger charge is 2.52. The van der Waals surface area contributed by atoms with E-state index < -0.39 is 5.41 Å². The second kappa shape index (κ2) is 4.69. The lowest BCUT2D eigenvalue weighted by Crippen LogP contribution is -2.37. The fourth-order valence-corrected chi connectivity index (χ4v) is 3.58. The van der Waals surface area contributed by atoms with Gasteiger partial charge in [0.25, 0.3) is 0 Å². The van der Waals surface area contributed by atoms with Gasteiger partial charge in [0, 0.05) is 12.1 Å². The van der Waals surface area contributed by atoms with Crippen molar-refractivity contribution in [3.63, 3.8) is 0 Å². The molecule has 106 valence electrons. The standard InChI is InChI=1S/C16H20N2O2/c1-11-8-12(2)17-13(9-11)18-14(19)10-16(15(18)20)6-4-3-5-7-16/h8-9H,3-7,10H2,1-2H3. The molecule has 2 amide bonds. The summed E-state index contributed by atoms with van der Waals surface area (Å²) in [6.45, 7) is 3.84. The van der Waals surface area contributed by atoms with Crippen LogP contribution in [0.4, 0.5) is 5.82 Å². The van der Waals surface area contributed by atoms with Crippen LogP contribution in [0.3, 0.4) is 0 Å². The van der Waals surface area contributed by atoms with E-state index in [0.717, 1.165) is 36.9 Å². The first kappa shape index (κ1) is 13.3. The highest BCUT2D eigenvalue weighted by atomic mass is 16.2. The Kier molecular flexibility index (Phi) is 3.11. The molecule has 0 unspecified atom stereocenters. The minimum absolute atomic E-state index is 0.0281. The average Bonchev–Trinajstić information content (AvgIpc) is 2.60. The molecule has 0 aromatic carbocycles. The number of carbonyl (C=O) groups is 2. The molecular weight excluding hydrogens is 252 g/mol. The molecule has 2 fully saturated rings. The molecule has 20 heavy (non-hydrogen) atoms. The molecule has 1 saturated carbocycles. The number of imide groups is 1. The van der Waals surface area contributed by atoms with Gasteiger partial charge in [0.1, 0.15) is 5.82 Å². The van der Waals surface area contributed by atoms with Gasteiger partial charge in [0.2, 0.25) is 11.8 Å². The summed E-state index contributed by atoms with van der Waals surface area (Å²) in [4.78, 5) is 30.8. The molecule has 0 N–H and O–H groups in total. The number of aromatic nitrogens is 1. The van der Waals surface area contributed by atoms with Crippen LogP contribution in [-0.4, -0.2) is 16.8 Å². The number of nitrogens with zero attached hydrogens (tertiary/aromatic N) is 2. The van der Waals surface area contributed by atoms with Gasteiger partial charge in [-0.3, -0.25) is 9.59 Å². The first-order valence-electron chi connectivity index (χ1n) is 7.35. The Hall–Kier alpha value is -1.71. The Balaban J connectivity index is 1.98. The molecule has 1 spiro atoms. The van der Waals surface area contributed by atoms with Crippen molar-refractivity contribution in [3.05, 3.63) is 23.4 Å². The number of amides is 2. The minimum atomic E-state index is -0.436. The van der Waals surface area contributed by atoms with Crippen LogP contribution in [0.15, 0.2) is 12.1 Å². The quantitative estimate of drug-likeness (QED) is 0.739. The molecule has 1 aromatic rings. The second-order valence-corrected chi connectivity index (χ2v) is 6.20. The summed E-state index contributed by atoms with van der Waals surface area (Å²) in [6, 6.07) is 3.77. The number of anilines is 1. The molecule has 4 heteroatoms. The van der Waals surface area contributed by atoms with Crippen LogP contribution in [0.5, 0.6) is 0 Å². The molecular formula is C16H20N2O2. The maximum absolute atomic E-state index is 12.8. The van der Waals surface area contributed by atoms with Crippen molar-refractivity contribution < 1.29 is 9.59 Å². The van der Waals surface area contributed by atoms with Crippen molar-refractivity contribution >= 4 is 17.6 Å². The molecule has 0 atom stereocenters. The molecule has 0 bridgehead atoms. The Labute approximate surface area is 119 Å². The van der Waals surface area contributed by atoms with E-state index in [1.54, 1.807) is 0 Å². The van der Waals surface area contributed by atoms with Crippen molar-refractivity contribution in [3.8, 4) is 0 Å². The lowest BCUT2D eigenvalue weighted by atomic mass is 9.73. The van der Waals surface area contributed by atoms with E-state index in [2.05, 4.69) is 4.98 Å². The smallest absolute Gasteiger partial charge is 0.241 e. The van der Waals surface area contributed by atoms with Gasteiger partial charge in [-0.1, -0.05) is 19.3 Å². The molecule has 1 aromatic heterocycles. The summed E-state index contributed by atoms with van der Waals surface area (Å²) in [6.07, 6.45) is 5.32. The predicted octanol–water partition coefficient (Wildman–Crippen LogP) is 2.91. The monoisotopic (exact) mass is 272 g/mol. The molecule has 3 rings (SSSR count). The largest absolute Gasteiger partial charge is 0.274 e. The normalized spacial score (nSPS) is 21.8. The molecule has 1 aliphatic carbocycles.